The Morgan fingerprint density at radius 2 is 2.20 bits per heavy atom. The van der Waals surface area contributed by atoms with E-state index < -0.39 is 0 Å². The Hall–Kier alpha value is -1.81. The largest absolute Gasteiger partial charge is 0.465 e. The molecule has 0 aliphatic heterocycles. The van der Waals surface area contributed by atoms with Crippen molar-refractivity contribution in [2.45, 2.75) is 0 Å². The van der Waals surface area contributed by atoms with Crippen molar-refractivity contribution in [2.75, 3.05) is 19.6 Å². The normalized spacial score (nSPS) is 10.5. The number of anilines is 1. The third-order valence-electron chi connectivity index (χ3n) is 2.10. The van der Waals surface area contributed by atoms with Gasteiger partial charge in [0.1, 0.15) is 11.3 Å². The van der Waals surface area contributed by atoms with Crippen LogP contribution in [0.3, 0.4) is 0 Å². The van der Waals surface area contributed by atoms with Crippen molar-refractivity contribution >= 4 is 16.6 Å². The second-order valence-electron chi connectivity index (χ2n) is 3.10. The molecule has 0 unspecified atom stereocenters. The maximum absolute atomic E-state index is 5.83. The van der Waals surface area contributed by atoms with Gasteiger partial charge in [-0.15, -0.1) is 0 Å². The molecule has 1 aromatic heterocycles. The minimum Gasteiger partial charge on any atom is -0.465 e. The summed E-state index contributed by atoms with van der Waals surface area (Å²) in [7, 11) is 1.58. The first-order valence-electron chi connectivity index (χ1n) is 4.58. The van der Waals surface area contributed by atoms with Gasteiger partial charge in [0.05, 0.1) is 0 Å². The van der Waals surface area contributed by atoms with Crippen LogP contribution in [0.5, 0.6) is 5.75 Å². The number of nitrogens with two attached hydrogens (primary N) is 1. The zero-order valence-electron chi connectivity index (χ0n) is 8.43. The summed E-state index contributed by atoms with van der Waals surface area (Å²) in [5.41, 5.74) is 7.28. The topological polar surface area (TPSA) is 57.4 Å². The monoisotopic (exact) mass is 204 g/mol. The summed E-state index contributed by atoms with van der Waals surface area (Å²) in [4.78, 5) is 4.23. The number of rotatable bonds is 3. The first-order chi connectivity index (χ1) is 7.33. The van der Waals surface area contributed by atoms with Crippen molar-refractivity contribution in [1.82, 2.24) is 4.98 Å². The fraction of sp³-hybridized carbons (Fsp3) is 0.182. The predicted molar refractivity (Wildman–Crippen MR) is 58.7 cm³/mol. The van der Waals surface area contributed by atoms with Crippen LogP contribution < -0.4 is 10.5 Å². The van der Waals surface area contributed by atoms with Crippen LogP contribution in [-0.4, -0.2) is 18.9 Å². The van der Waals surface area contributed by atoms with E-state index in [2.05, 4.69) is 4.98 Å². The lowest BCUT2D eigenvalue weighted by atomic mass is 10.2. The number of benzene rings is 1. The number of hydrogen-bond donors (Lipinski definition) is 1. The molecule has 0 aliphatic rings. The molecule has 0 saturated carbocycles. The van der Waals surface area contributed by atoms with Gasteiger partial charge in [0.25, 0.3) is 0 Å². The minimum atomic E-state index is 0.204. The Kier molecular flexibility index (Phi) is 2.69. The predicted octanol–water partition coefficient (Wildman–Crippen LogP) is 1.80. The Morgan fingerprint density at radius 1 is 1.33 bits per heavy atom. The van der Waals surface area contributed by atoms with E-state index in [-0.39, 0.29) is 6.79 Å². The molecule has 2 aromatic rings. The zero-order valence-corrected chi connectivity index (χ0v) is 8.43. The molecule has 0 atom stereocenters. The summed E-state index contributed by atoms with van der Waals surface area (Å²) < 4.78 is 10.2. The highest BCUT2D eigenvalue weighted by Gasteiger charge is 2.05. The van der Waals surface area contributed by atoms with Crippen molar-refractivity contribution in [3.05, 3.63) is 30.5 Å². The molecular formula is C11H12N2O2. The lowest BCUT2D eigenvalue weighted by Gasteiger charge is -2.08. The fourth-order valence-electron chi connectivity index (χ4n) is 1.41. The molecule has 1 heterocycles. The molecule has 78 valence electrons. The van der Waals surface area contributed by atoms with Crippen LogP contribution in [0.25, 0.3) is 10.9 Å². The summed E-state index contributed by atoms with van der Waals surface area (Å²) in [6, 6.07) is 7.36. The molecule has 0 spiro atoms. The summed E-state index contributed by atoms with van der Waals surface area (Å²) in [6.45, 7) is 0.204. The lowest BCUT2D eigenvalue weighted by Crippen LogP contribution is -2.00. The molecule has 0 amide bonds. The van der Waals surface area contributed by atoms with Gasteiger partial charge >= 0.3 is 0 Å². The molecule has 1 aromatic carbocycles. The molecular weight excluding hydrogens is 192 g/mol. The number of fused-ring (bicyclic) bond motifs is 1. The van der Waals surface area contributed by atoms with Gasteiger partial charge in [0.15, 0.2) is 6.79 Å². The smallest absolute Gasteiger partial charge is 0.188 e. The second-order valence-corrected chi connectivity index (χ2v) is 3.10. The summed E-state index contributed by atoms with van der Waals surface area (Å²) >= 11 is 0. The van der Waals surface area contributed by atoms with E-state index >= 15 is 0 Å². The van der Waals surface area contributed by atoms with Crippen molar-refractivity contribution < 1.29 is 9.47 Å². The molecule has 0 saturated heterocycles. The van der Waals surface area contributed by atoms with Crippen LogP contribution in [0.15, 0.2) is 30.5 Å². The second kappa shape index (κ2) is 4.14. The van der Waals surface area contributed by atoms with Gasteiger partial charge in [-0.05, 0) is 24.3 Å². The number of hydrogen-bond acceptors (Lipinski definition) is 4. The molecule has 0 fully saturated rings. The molecule has 2 rings (SSSR count). The Balaban J connectivity index is 2.51. The van der Waals surface area contributed by atoms with Gasteiger partial charge in [-0.2, -0.15) is 0 Å². The highest BCUT2D eigenvalue weighted by molar-refractivity contribution is 5.94. The number of pyridine rings is 1. The maximum atomic E-state index is 5.83. The van der Waals surface area contributed by atoms with E-state index in [0.29, 0.717) is 11.4 Å². The molecule has 0 bridgehead atoms. The Bertz CT molecular complexity index is 471. The van der Waals surface area contributed by atoms with E-state index in [1.165, 1.54) is 0 Å². The average Bonchev–Trinajstić information content (AvgIpc) is 2.29. The van der Waals surface area contributed by atoms with Gasteiger partial charge in [-0.25, -0.2) is 0 Å². The Morgan fingerprint density at radius 3 is 3.00 bits per heavy atom. The Labute approximate surface area is 87.6 Å². The van der Waals surface area contributed by atoms with E-state index in [0.717, 1.165) is 10.9 Å². The fourth-order valence-corrected chi connectivity index (χ4v) is 1.41. The number of nitrogen functional groups attached to an aromatic ring is 1. The van der Waals surface area contributed by atoms with Crippen molar-refractivity contribution in [2.24, 2.45) is 0 Å². The van der Waals surface area contributed by atoms with E-state index in [1.54, 1.807) is 25.4 Å². The van der Waals surface area contributed by atoms with Gasteiger partial charge in [-0.1, -0.05) is 0 Å². The third kappa shape index (κ3) is 1.85. The number of aromatic nitrogens is 1. The highest BCUT2D eigenvalue weighted by atomic mass is 16.7. The third-order valence-corrected chi connectivity index (χ3v) is 2.10. The average molecular weight is 204 g/mol. The minimum absolute atomic E-state index is 0.204. The molecule has 4 heteroatoms. The van der Waals surface area contributed by atoms with Crippen molar-refractivity contribution in [3.8, 4) is 5.75 Å². The van der Waals surface area contributed by atoms with Gasteiger partial charge in [-0.3, -0.25) is 4.98 Å². The summed E-state index contributed by atoms with van der Waals surface area (Å²) in [5.74, 6) is 0.682. The van der Waals surface area contributed by atoms with Crippen molar-refractivity contribution in [1.29, 1.82) is 0 Å². The zero-order chi connectivity index (χ0) is 10.7. The quantitative estimate of drug-likeness (QED) is 0.611. The van der Waals surface area contributed by atoms with Crippen LogP contribution in [0.2, 0.25) is 0 Å². The summed E-state index contributed by atoms with van der Waals surface area (Å²) in [6.07, 6.45) is 1.71. The molecule has 0 aliphatic carbocycles. The molecule has 2 N–H and O–H groups in total. The van der Waals surface area contributed by atoms with Gasteiger partial charge < -0.3 is 15.2 Å². The van der Waals surface area contributed by atoms with E-state index in [9.17, 15) is 0 Å². The van der Waals surface area contributed by atoms with Crippen LogP contribution in [-0.2, 0) is 4.74 Å². The van der Waals surface area contributed by atoms with E-state index in [4.69, 9.17) is 15.2 Å². The van der Waals surface area contributed by atoms with Crippen LogP contribution in [0.1, 0.15) is 0 Å². The maximum Gasteiger partial charge on any atom is 0.188 e. The molecule has 4 nitrogen and oxygen atoms in total. The van der Waals surface area contributed by atoms with E-state index in [1.807, 2.05) is 12.1 Å². The standard InChI is InChI=1S/C11H12N2O2/c1-14-7-15-10-5-4-9(12)8-3-2-6-13-11(8)10/h2-6H,7,12H2,1H3. The van der Waals surface area contributed by atoms with Crippen LogP contribution in [0, 0.1) is 0 Å². The van der Waals surface area contributed by atoms with Crippen molar-refractivity contribution in [3.63, 3.8) is 0 Å². The van der Waals surface area contributed by atoms with Crippen LogP contribution in [0.4, 0.5) is 5.69 Å². The first kappa shape index (κ1) is 9.73. The van der Waals surface area contributed by atoms with Gasteiger partial charge in [0, 0.05) is 24.4 Å². The number of ether oxygens (including phenoxy) is 2. The summed E-state index contributed by atoms with van der Waals surface area (Å²) in [5, 5.41) is 0.895. The first-order valence-corrected chi connectivity index (χ1v) is 4.58. The van der Waals surface area contributed by atoms with Gasteiger partial charge in [0.2, 0.25) is 0 Å². The highest BCUT2D eigenvalue weighted by Crippen LogP contribution is 2.27. The SMILES string of the molecule is COCOc1ccc(N)c2cccnc12. The molecule has 0 radical (unpaired) electrons. The lowest BCUT2D eigenvalue weighted by molar-refractivity contribution is 0.0521. The van der Waals surface area contributed by atoms with Crippen LogP contribution >= 0.6 is 0 Å². The number of nitrogens with zero attached hydrogens (tertiary/aromatic N) is 1. The molecule has 15 heavy (non-hydrogen) atoms. The number of methoxy groups -OCH3 is 1.